The molecule has 0 spiro atoms. The van der Waals surface area contributed by atoms with E-state index in [1.165, 1.54) is 36.8 Å². The van der Waals surface area contributed by atoms with Crippen LogP contribution in [0.3, 0.4) is 0 Å². The summed E-state index contributed by atoms with van der Waals surface area (Å²) in [5.74, 6) is 2.37. The van der Waals surface area contributed by atoms with Crippen LogP contribution in [-0.2, 0) is 12.8 Å². The van der Waals surface area contributed by atoms with Gasteiger partial charge in [-0.3, -0.25) is 0 Å². The van der Waals surface area contributed by atoms with E-state index in [1.807, 2.05) is 0 Å². The molecule has 1 fully saturated rings. The highest BCUT2D eigenvalue weighted by atomic mass is 16.5. The maximum absolute atomic E-state index is 9.86. The van der Waals surface area contributed by atoms with Crippen molar-refractivity contribution in [2.45, 2.75) is 45.4 Å². The first-order valence-corrected chi connectivity index (χ1v) is 7.93. The summed E-state index contributed by atoms with van der Waals surface area (Å²) in [6, 6.07) is 6.55. The van der Waals surface area contributed by atoms with Crippen LogP contribution in [0, 0.1) is 17.3 Å². The van der Waals surface area contributed by atoms with Crippen molar-refractivity contribution in [1.82, 2.24) is 0 Å². The molecule has 3 atom stereocenters. The van der Waals surface area contributed by atoms with Crippen LogP contribution in [0.15, 0.2) is 18.2 Å². The van der Waals surface area contributed by atoms with Crippen LogP contribution >= 0.6 is 0 Å². The molecule has 0 unspecified atom stereocenters. The summed E-state index contributed by atoms with van der Waals surface area (Å²) in [5.41, 5.74) is 3.09. The third-order valence-corrected chi connectivity index (χ3v) is 5.77. The normalized spacial score (nSPS) is 33.0. The summed E-state index contributed by atoms with van der Waals surface area (Å²) in [6.45, 7) is 2.63. The fourth-order valence-corrected chi connectivity index (χ4v) is 4.51. The van der Waals surface area contributed by atoms with Gasteiger partial charge in [-0.1, -0.05) is 19.4 Å². The molecular formula is C18H26O2. The molecule has 110 valence electrons. The van der Waals surface area contributed by atoms with E-state index in [0.717, 1.165) is 24.5 Å². The van der Waals surface area contributed by atoms with Gasteiger partial charge in [-0.05, 0) is 72.6 Å². The number of rotatable bonds is 2. The van der Waals surface area contributed by atoms with E-state index in [-0.39, 0.29) is 5.41 Å². The standard InChI is InChI=1S/C18H26O2/c1-18(12-19)9-3-4-14-10-15-11-16(20-2)7-5-13(15)6-8-17(14)18/h5,7,11,14,17,19H,3-4,6,8-10,12H2,1-2H3/t14-,17-,18+/m1/s1. The van der Waals surface area contributed by atoms with Gasteiger partial charge in [-0.15, -0.1) is 0 Å². The van der Waals surface area contributed by atoms with E-state index >= 15 is 0 Å². The number of aryl methyl sites for hydroxylation is 1. The van der Waals surface area contributed by atoms with E-state index in [9.17, 15) is 5.11 Å². The number of aliphatic hydroxyl groups is 1. The molecular weight excluding hydrogens is 248 g/mol. The molecule has 1 saturated carbocycles. The van der Waals surface area contributed by atoms with Gasteiger partial charge >= 0.3 is 0 Å². The summed E-state index contributed by atoms with van der Waals surface area (Å²) in [4.78, 5) is 0. The summed E-state index contributed by atoms with van der Waals surface area (Å²) in [7, 11) is 1.74. The topological polar surface area (TPSA) is 29.5 Å². The van der Waals surface area contributed by atoms with Crippen molar-refractivity contribution >= 4 is 0 Å². The van der Waals surface area contributed by atoms with Crippen LogP contribution in [0.5, 0.6) is 5.75 Å². The second-order valence-electron chi connectivity index (χ2n) is 6.95. The molecule has 0 aromatic heterocycles. The van der Waals surface area contributed by atoms with Crippen molar-refractivity contribution in [3.05, 3.63) is 29.3 Å². The number of ether oxygens (including phenoxy) is 1. The molecule has 3 rings (SSSR count). The molecule has 1 aromatic rings. The molecule has 0 amide bonds. The average molecular weight is 274 g/mol. The van der Waals surface area contributed by atoms with Crippen LogP contribution in [0.4, 0.5) is 0 Å². The molecule has 0 saturated heterocycles. The van der Waals surface area contributed by atoms with E-state index in [0.29, 0.717) is 12.5 Å². The van der Waals surface area contributed by atoms with Crippen LogP contribution in [-0.4, -0.2) is 18.8 Å². The first kappa shape index (κ1) is 13.9. The first-order valence-electron chi connectivity index (χ1n) is 7.93. The number of hydrogen-bond donors (Lipinski definition) is 1. The third kappa shape index (κ3) is 2.35. The van der Waals surface area contributed by atoms with Gasteiger partial charge in [0.05, 0.1) is 7.11 Å². The van der Waals surface area contributed by atoms with Crippen LogP contribution in [0.1, 0.15) is 43.7 Å². The Morgan fingerprint density at radius 2 is 2.15 bits per heavy atom. The van der Waals surface area contributed by atoms with Crippen molar-refractivity contribution in [3.8, 4) is 5.75 Å². The molecule has 2 aliphatic carbocycles. The van der Waals surface area contributed by atoms with E-state index in [1.54, 1.807) is 7.11 Å². The minimum absolute atomic E-state index is 0.134. The van der Waals surface area contributed by atoms with Gasteiger partial charge in [0.1, 0.15) is 5.75 Å². The molecule has 1 aromatic carbocycles. The monoisotopic (exact) mass is 274 g/mol. The predicted octanol–water partition coefficient (Wildman–Crippen LogP) is 3.60. The van der Waals surface area contributed by atoms with Crippen LogP contribution < -0.4 is 4.74 Å². The van der Waals surface area contributed by atoms with Gasteiger partial charge in [0.15, 0.2) is 0 Å². The Morgan fingerprint density at radius 1 is 1.30 bits per heavy atom. The number of fused-ring (bicyclic) bond motifs is 2. The summed E-state index contributed by atoms with van der Waals surface area (Å²) in [6.07, 6.45) is 7.29. The van der Waals surface area contributed by atoms with Gasteiger partial charge in [0.25, 0.3) is 0 Å². The molecule has 2 aliphatic rings. The summed E-state index contributed by atoms with van der Waals surface area (Å²) in [5, 5.41) is 9.86. The van der Waals surface area contributed by atoms with Crippen LogP contribution in [0.25, 0.3) is 0 Å². The van der Waals surface area contributed by atoms with Gasteiger partial charge in [-0.2, -0.15) is 0 Å². The molecule has 0 radical (unpaired) electrons. The molecule has 0 aliphatic heterocycles. The van der Waals surface area contributed by atoms with Crippen molar-refractivity contribution in [2.24, 2.45) is 17.3 Å². The zero-order valence-corrected chi connectivity index (χ0v) is 12.7. The zero-order chi connectivity index (χ0) is 14.2. The van der Waals surface area contributed by atoms with Crippen molar-refractivity contribution in [1.29, 1.82) is 0 Å². The van der Waals surface area contributed by atoms with Crippen molar-refractivity contribution in [3.63, 3.8) is 0 Å². The smallest absolute Gasteiger partial charge is 0.119 e. The Kier molecular flexibility index (Phi) is 3.76. The van der Waals surface area contributed by atoms with E-state index in [2.05, 4.69) is 25.1 Å². The first-order chi connectivity index (χ1) is 9.66. The molecule has 2 heteroatoms. The molecule has 0 bridgehead atoms. The highest BCUT2D eigenvalue weighted by Gasteiger charge is 2.42. The van der Waals surface area contributed by atoms with Gasteiger partial charge in [-0.25, -0.2) is 0 Å². The molecule has 0 heterocycles. The lowest BCUT2D eigenvalue weighted by molar-refractivity contribution is 0.00127. The molecule has 1 N–H and O–H groups in total. The lowest BCUT2D eigenvalue weighted by Gasteiger charge is -2.45. The Hall–Kier alpha value is -1.02. The second-order valence-corrected chi connectivity index (χ2v) is 6.95. The Morgan fingerprint density at radius 3 is 2.90 bits per heavy atom. The van der Waals surface area contributed by atoms with Gasteiger partial charge in [0, 0.05) is 6.61 Å². The fraction of sp³-hybridized carbons (Fsp3) is 0.667. The predicted molar refractivity (Wildman–Crippen MR) is 81.0 cm³/mol. The number of benzene rings is 1. The second kappa shape index (κ2) is 5.40. The van der Waals surface area contributed by atoms with Gasteiger partial charge < -0.3 is 9.84 Å². The third-order valence-electron chi connectivity index (χ3n) is 5.77. The van der Waals surface area contributed by atoms with Gasteiger partial charge in [0.2, 0.25) is 0 Å². The zero-order valence-electron chi connectivity index (χ0n) is 12.7. The van der Waals surface area contributed by atoms with Crippen LogP contribution in [0.2, 0.25) is 0 Å². The maximum Gasteiger partial charge on any atom is 0.119 e. The highest BCUT2D eigenvalue weighted by molar-refractivity contribution is 5.37. The average Bonchev–Trinajstić information content (AvgIpc) is 2.66. The Labute approximate surface area is 122 Å². The lowest BCUT2D eigenvalue weighted by atomic mass is 9.61. The SMILES string of the molecule is COc1ccc2c(c1)C[C@H]1CCC[C@@](C)(CO)[C@@H]1CC2. The summed E-state index contributed by atoms with van der Waals surface area (Å²) < 4.78 is 5.38. The largest absolute Gasteiger partial charge is 0.497 e. The molecule has 20 heavy (non-hydrogen) atoms. The highest BCUT2D eigenvalue weighted by Crippen LogP contribution is 2.49. The minimum atomic E-state index is 0.134. The molecule has 2 nitrogen and oxygen atoms in total. The Bertz CT molecular complexity index is 482. The van der Waals surface area contributed by atoms with Crippen molar-refractivity contribution < 1.29 is 9.84 Å². The lowest BCUT2D eigenvalue weighted by Crippen LogP contribution is -2.40. The number of hydrogen-bond acceptors (Lipinski definition) is 2. The van der Waals surface area contributed by atoms with Crippen molar-refractivity contribution in [2.75, 3.05) is 13.7 Å². The fourth-order valence-electron chi connectivity index (χ4n) is 4.51. The van der Waals surface area contributed by atoms with E-state index < -0.39 is 0 Å². The Balaban J connectivity index is 1.90. The quantitative estimate of drug-likeness (QED) is 0.893. The maximum atomic E-state index is 9.86. The van der Waals surface area contributed by atoms with E-state index in [4.69, 9.17) is 4.74 Å². The summed E-state index contributed by atoms with van der Waals surface area (Å²) >= 11 is 0. The number of aliphatic hydroxyl groups excluding tert-OH is 1. The number of methoxy groups -OCH3 is 1. The minimum Gasteiger partial charge on any atom is -0.497 e.